The topological polar surface area (TPSA) is 65.0 Å². The molecule has 2 aromatic carbocycles. The summed E-state index contributed by atoms with van der Waals surface area (Å²) >= 11 is 1.39. The molecule has 25 heavy (non-hydrogen) atoms. The Labute approximate surface area is 146 Å². The summed E-state index contributed by atoms with van der Waals surface area (Å²) in [5.74, 6) is -0.135. The number of ether oxygens (including phenoxy) is 1. The van der Waals surface area contributed by atoms with Gasteiger partial charge < -0.3 is 4.74 Å². The molecule has 0 fully saturated rings. The molecule has 0 aliphatic rings. The highest BCUT2D eigenvalue weighted by atomic mass is 32.1. The number of rotatable bonds is 3. The lowest BCUT2D eigenvalue weighted by Gasteiger charge is -2.06. The highest BCUT2D eigenvalue weighted by Gasteiger charge is 2.15. The first kappa shape index (κ1) is 15.6. The molecule has 0 saturated heterocycles. The van der Waals surface area contributed by atoms with Gasteiger partial charge in [-0.25, -0.2) is 19.3 Å². The van der Waals surface area contributed by atoms with Crippen molar-refractivity contribution in [2.24, 2.45) is 0 Å². The maximum Gasteiger partial charge on any atom is 0.232 e. The summed E-state index contributed by atoms with van der Waals surface area (Å²) in [5.41, 5.74) is 3.76. The molecule has 0 unspecified atom stereocenters. The van der Waals surface area contributed by atoms with E-state index >= 15 is 0 Å². The second-order valence-electron chi connectivity index (χ2n) is 5.57. The van der Waals surface area contributed by atoms with Gasteiger partial charge in [-0.15, -0.1) is 11.3 Å². The SMILES string of the molecule is COc1cnc2c(-c3nc4cc(F)c(C=O)cc4s3)cc(C)cc2n1. The minimum Gasteiger partial charge on any atom is -0.480 e. The van der Waals surface area contributed by atoms with Gasteiger partial charge >= 0.3 is 0 Å². The molecule has 0 radical (unpaired) electrons. The highest BCUT2D eigenvalue weighted by Crippen LogP contribution is 2.35. The average molecular weight is 353 g/mol. The number of carbonyl (C=O) groups is 1. The lowest BCUT2D eigenvalue weighted by Crippen LogP contribution is -1.93. The van der Waals surface area contributed by atoms with Crippen LogP contribution in [0.3, 0.4) is 0 Å². The Balaban J connectivity index is 1.97. The molecule has 124 valence electrons. The van der Waals surface area contributed by atoms with Crippen molar-refractivity contribution in [3.05, 3.63) is 47.4 Å². The Kier molecular flexibility index (Phi) is 3.65. The number of benzene rings is 2. The molecular formula is C18H12FN3O2S. The molecule has 5 nitrogen and oxygen atoms in total. The van der Waals surface area contributed by atoms with Gasteiger partial charge in [0, 0.05) is 11.6 Å². The molecule has 0 amide bonds. The summed E-state index contributed by atoms with van der Waals surface area (Å²) in [7, 11) is 1.54. The van der Waals surface area contributed by atoms with Crippen LogP contribution in [0, 0.1) is 12.7 Å². The minimum atomic E-state index is -0.571. The third-order valence-electron chi connectivity index (χ3n) is 3.84. The van der Waals surface area contributed by atoms with Crippen molar-refractivity contribution in [3.8, 4) is 16.5 Å². The van der Waals surface area contributed by atoms with E-state index < -0.39 is 5.82 Å². The van der Waals surface area contributed by atoms with Crippen LogP contribution in [-0.4, -0.2) is 28.3 Å². The van der Waals surface area contributed by atoms with Crippen molar-refractivity contribution < 1.29 is 13.9 Å². The van der Waals surface area contributed by atoms with E-state index in [1.54, 1.807) is 13.3 Å². The first-order valence-electron chi connectivity index (χ1n) is 7.46. The smallest absolute Gasteiger partial charge is 0.232 e. The number of hydrogen-bond acceptors (Lipinski definition) is 6. The Bertz CT molecular complexity index is 1140. The molecule has 4 rings (SSSR count). The van der Waals surface area contributed by atoms with Crippen LogP contribution in [0.15, 0.2) is 30.5 Å². The van der Waals surface area contributed by atoms with E-state index in [4.69, 9.17) is 4.74 Å². The first-order chi connectivity index (χ1) is 12.1. The number of aldehydes is 1. The lowest BCUT2D eigenvalue weighted by molar-refractivity contribution is 0.112. The fraction of sp³-hybridized carbons (Fsp3) is 0.111. The molecule has 7 heteroatoms. The largest absolute Gasteiger partial charge is 0.480 e. The van der Waals surface area contributed by atoms with Crippen molar-refractivity contribution in [3.63, 3.8) is 0 Å². The molecule has 0 spiro atoms. The van der Waals surface area contributed by atoms with Crippen molar-refractivity contribution in [2.75, 3.05) is 7.11 Å². The van der Waals surface area contributed by atoms with E-state index in [2.05, 4.69) is 15.0 Å². The zero-order valence-corrected chi connectivity index (χ0v) is 14.2. The summed E-state index contributed by atoms with van der Waals surface area (Å²) in [6, 6.07) is 6.70. The Morgan fingerprint density at radius 1 is 1.16 bits per heavy atom. The van der Waals surface area contributed by atoms with E-state index in [9.17, 15) is 9.18 Å². The van der Waals surface area contributed by atoms with E-state index in [-0.39, 0.29) is 5.56 Å². The van der Waals surface area contributed by atoms with E-state index in [0.717, 1.165) is 15.8 Å². The normalized spacial score (nSPS) is 11.2. The van der Waals surface area contributed by atoms with E-state index in [1.807, 2.05) is 19.1 Å². The number of aromatic nitrogens is 3. The van der Waals surface area contributed by atoms with Crippen LogP contribution in [0.25, 0.3) is 31.8 Å². The van der Waals surface area contributed by atoms with Gasteiger partial charge in [0.1, 0.15) is 10.8 Å². The van der Waals surface area contributed by atoms with Gasteiger partial charge in [0.05, 0.1) is 40.1 Å². The van der Waals surface area contributed by atoms with Crippen LogP contribution >= 0.6 is 11.3 Å². The average Bonchev–Trinajstić information content (AvgIpc) is 3.02. The second-order valence-corrected chi connectivity index (χ2v) is 6.60. The Morgan fingerprint density at radius 3 is 2.76 bits per heavy atom. The van der Waals surface area contributed by atoms with Crippen LogP contribution in [0.2, 0.25) is 0 Å². The second kappa shape index (κ2) is 5.86. The number of halogens is 1. The molecule has 0 bridgehead atoms. The lowest BCUT2D eigenvalue weighted by atomic mass is 10.1. The van der Waals surface area contributed by atoms with Crippen molar-refractivity contribution in [1.29, 1.82) is 0 Å². The maximum atomic E-state index is 13.8. The monoisotopic (exact) mass is 353 g/mol. The Morgan fingerprint density at radius 2 is 2.00 bits per heavy atom. The number of nitrogens with zero attached hydrogens (tertiary/aromatic N) is 3. The summed E-state index contributed by atoms with van der Waals surface area (Å²) in [4.78, 5) is 24.3. The Hall–Kier alpha value is -2.93. The van der Waals surface area contributed by atoms with Crippen molar-refractivity contribution in [2.45, 2.75) is 6.92 Å². The summed E-state index contributed by atoms with van der Waals surface area (Å²) in [5, 5.41) is 0.700. The zero-order chi connectivity index (χ0) is 17.6. The molecule has 0 atom stereocenters. The molecule has 0 aliphatic heterocycles. The third-order valence-corrected chi connectivity index (χ3v) is 4.89. The predicted octanol–water partition coefficient (Wildman–Crippen LogP) is 4.18. The fourth-order valence-electron chi connectivity index (χ4n) is 2.68. The number of hydrogen-bond donors (Lipinski definition) is 0. The van der Waals surface area contributed by atoms with E-state index in [1.165, 1.54) is 23.5 Å². The third kappa shape index (κ3) is 2.62. The van der Waals surface area contributed by atoms with Crippen LogP contribution in [0.1, 0.15) is 15.9 Å². The van der Waals surface area contributed by atoms with Gasteiger partial charge in [0.15, 0.2) is 6.29 Å². The molecule has 0 N–H and O–H groups in total. The van der Waals surface area contributed by atoms with Gasteiger partial charge in [-0.2, -0.15) is 0 Å². The predicted molar refractivity (Wildman–Crippen MR) is 94.8 cm³/mol. The van der Waals surface area contributed by atoms with Gasteiger partial charge in [0.2, 0.25) is 5.88 Å². The minimum absolute atomic E-state index is 0.0290. The number of aryl methyl sites for hydroxylation is 1. The molecular weight excluding hydrogens is 341 g/mol. The highest BCUT2D eigenvalue weighted by molar-refractivity contribution is 7.21. The number of methoxy groups -OCH3 is 1. The molecule has 2 aromatic heterocycles. The quantitative estimate of drug-likeness (QED) is 0.517. The summed E-state index contributed by atoms with van der Waals surface area (Å²) in [6.07, 6.45) is 2.06. The molecule has 2 heterocycles. The molecule has 0 saturated carbocycles. The standard InChI is InChI=1S/C18H12FN3O2S/c1-9-3-11(17-14(4-9)21-16(24-2)7-20-17)18-22-13-6-12(19)10(8-23)5-15(13)25-18/h3-8H,1-2H3. The van der Waals surface area contributed by atoms with Crippen LogP contribution in [-0.2, 0) is 0 Å². The first-order valence-corrected chi connectivity index (χ1v) is 8.27. The van der Waals surface area contributed by atoms with Gasteiger partial charge in [-0.05, 0) is 30.7 Å². The van der Waals surface area contributed by atoms with Gasteiger partial charge in [-0.3, -0.25) is 4.79 Å². The summed E-state index contributed by atoms with van der Waals surface area (Å²) in [6.45, 7) is 1.96. The number of fused-ring (bicyclic) bond motifs is 2. The number of carbonyl (C=O) groups excluding carboxylic acids is 1. The summed E-state index contributed by atoms with van der Waals surface area (Å²) < 4.78 is 19.7. The van der Waals surface area contributed by atoms with Crippen molar-refractivity contribution in [1.82, 2.24) is 15.0 Å². The number of thiazole rings is 1. The maximum absolute atomic E-state index is 13.8. The van der Waals surface area contributed by atoms with Crippen molar-refractivity contribution >= 4 is 38.9 Å². The van der Waals surface area contributed by atoms with Gasteiger partial charge in [-0.1, -0.05) is 0 Å². The van der Waals surface area contributed by atoms with Crippen LogP contribution in [0.5, 0.6) is 5.88 Å². The van der Waals surface area contributed by atoms with E-state index in [0.29, 0.717) is 33.7 Å². The zero-order valence-electron chi connectivity index (χ0n) is 13.4. The molecule has 4 aromatic rings. The van der Waals surface area contributed by atoms with Gasteiger partial charge in [0.25, 0.3) is 0 Å². The van der Waals surface area contributed by atoms with Crippen LogP contribution in [0.4, 0.5) is 4.39 Å². The fourth-order valence-corrected chi connectivity index (χ4v) is 3.69. The molecule has 0 aliphatic carbocycles. The van der Waals surface area contributed by atoms with Crippen LogP contribution < -0.4 is 4.74 Å².